The van der Waals surface area contributed by atoms with Crippen molar-refractivity contribution in [1.29, 1.82) is 0 Å². The quantitative estimate of drug-likeness (QED) is 0.796. The van der Waals surface area contributed by atoms with Crippen molar-refractivity contribution in [2.75, 3.05) is 19.9 Å². The number of benzene rings is 1. The summed E-state index contributed by atoms with van der Waals surface area (Å²) in [6.07, 6.45) is 2.06. The van der Waals surface area contributed by atoms with E-state index in [0.29, 0.717) is 23.6 Å². The van der Waals surface area contributed by atoms with Gasteiger partial charge in [0.25, 0.3) is 5.91 Å². The Morgan fingerprint density at radius 1 is 1.39 bits per heavy atom. The number of carboxylic acid groups (broad SMARTS) is 1. The van der Waals surface area contributed by atoms with E-state index >= 15 is 0 Å². The molecule has 0 bridgehead atoms. The number of carbonyl (C=O) groups is 2. The summed E-state index contributed by atoms with van der Waals surface area (Å²) in [4.78, 5) is 26.2. The van der Waals surface area contributed by atoms with Crippen LogP contribution in [0, 0.1) is 0 Å². The van der Waals surface area contributed by atoms with Gasteiger partial charge in [0.1, 0.15) is 0 Å². The molecule has 1 aliphatic rings. The third-order valence-electron chi connectivity index (χ3n) is 3.85. The fourth-order valence-electron chi connectivity index (χ4n) is 2.69. The van der Waals surface area contributed by atoms with Crippen molar-refractivity contribution in [3.63, 3.8) is 0 Å². The van der Waals surface area contributed by atoms with Gasteiger partial charge < -0.3 is 14.7 Å². The summed E-state index contributed by atoms with van der Waals surface area (Å²) in [6.45, 7) is 0.348. The highest BCUT2D eigenvalue weighted by molar-refractivity contribution is 7.98. The van der Waals surface area contributed by atoms with Crippen molar-refractivity contribution in [2.45, 2.75) is 29.9 Å². The minimum atomic E-state index is -0.948. The van der Waals surface area contributed by atoms with Crippen molar-refractivity contribution in [2.24, 2.45) is 0 Å². The molecule has 1 fully saturated rings. The van der Waals surface area contributed by atoms with Crippen LogP contribution in [0.1, 0.15) is 23.2 Å². The van der Waals surface area contributed by atoms with E-state index in [2.05, 4.69) is 0 Å². The van der Waals surface area contributed by atoms with Gasteiger partial charge in [0.2, 0.25) is 0 Å². The normalized spacial score (nSPS) is 20.8. The molecule has 0 spiro atoms. The van der Waals surface area contributed by atoms with E-state index in [0.717, 1.165) is 4.90 Å². The van der Waals surface area contributed by atoms with Crippen LogP contribution in [0.2, 0.25) is 10.0 Å². The molecule has 1 saturated heterocycles. The van der Waals surface area contributed by atoms with E-state index in [1.165, 1.54) is 22.7 Å². The van der Waals surface area contributed by atoms with Gasteiger partial charge in [-0.05, 0) is 24.8 Å². The van der Waals surface area contributed by atoms with E-state index in [1.807, 2.05) is 6.26 Å². The first-order chi connectivity index (χ1) is 10.9. The second-order valence-corrected chi connectivity index (χ2v) is 6.93. The Bertz CT molecular complexity index is 626. The zero-order chi connectivity index (χ0) is 17.1. The predicted molar refractivity (Wildman–Crippen MR) is 90.7 cm³/mol. The van der Waals surface area contributed by atoms with Crippen molar-refractivity contribution in [1.82, 2.24) is 4.90 Å². The molecule has 126 valence electrons. The van der Waals surface area contributed by atoms with E-state index in [1.54, 1.807) is 13.2 Å². The number of carboxylic acids is 1. The number of amides is 1. The molecule has 23 heavy (non-hydrogen) atoms. The van der Waals surface area contributed by atoms with Crippen LogP contribution in [0.3, 0.4) is 0 Å². The molecular weight excluding hydrogens is 361 g/mol. The molecule has 1 amide bonds. The van der Waals surface area contributed by atoms with E-state index < -0.39 is 12.0 Å². The van der Waals surface area contributed by atoms with Crippen LogP contribution in [0.5, 0.6) is 0 Å². The Hall–Kier alpha value is -0.950. The van der Waals surface area contributed by atoms with Crippen LogP contribution in [0.15, 0.2) is 17.0 Å². The van der Waals surface area contributed by atoms with Crippen molar-refractivity contribution < 1.29 is 19.4 Å². The number of ether oxygens (including phenoxy) is 1. The van der Waals surface area contributed by atoms with Crippen LogP contribution >= 0.6 is 35.0 Å². The molecule has 1 aliphatic heterocycles. The van der Waals surface area contributed by atoms with Gasteiger partial charge in [0.05, 0.1) is 28.1 Å². The smallest absolute Gasteiger partial charge is 0.305 e. The second kappa shape index (κ2) is 7.75. The molecule has 0 aromatic heterocycles. The predicted octanol–water partition coefficient (Wildman–Crippen LogP) is 3.42. The van der Waals surface area contributed by atoms with E-state index in [4.69, 9.17) is 33.0 Å². The molecule has 1 N–H and O–H groups in total. The largest absolute Gasteiger partial charge is 0.481 e. The van der Waals surface area contributed by atoms with Crippen LogP contribution in [-0.2, 0) is 9.53 Å². The Balaban J connectivity index is 2.32. The van der Waals surface area contributed by atoms with Gasteiger partial charge in [0.15, 0.2) is 0 Å². The van der Waals surface area contributed by atoms with Gasteiger partial charge in [-0.15, -0.1) is 11.8 Å². The van der Waals surface area contributed by atoms with Crippen LogP contribution in [0.4, 0.5) is 0 Å². The Morgan fingerprint density at radius 2 is 2.09 bits per heavy atom. The first kappa shape index (κ1) is 18.4. The van der Waals surface area contributed by atoms with Gasteiger partial charge in [0, 0.05) is 24.6 Å². The number of halogens is 2. The maximum absolute atomic E-state index is 12.8. The summed E-state index contributed by atoms with van der Waals surface area (Å²) < 4.78 is 5.29. The molecule has 0 radical (unpaired) electrons. The number of likely N-dealkylation sites (tertiary alicyclic amines) is 1. The number of hydrogen-bond donors (Lipinski definition) is 1. The Morgan fingerprint density at radius 3 is 2.65 bits per heavy atom. The highest BCUT2D eigenvalue weighted by Crippen LogP contribution is 2.33. The SMILES string of the molecule is COC1CC(CC(=O)O)N(C(=O)c2cc(SC)c(Cl)cc2Cl)C1. The first-order valence-electron chi connectivity index (χ1n) is 6.96. The fraction of sp³-hybridized carbons (Fsp3) is 0.467. The summed E-state index contributed by atoms with van der Waals surface area (Å²) in [6, 6.07) is 2.78. The average molecular weight is 378 g/mol. The fourth-order valence-corrected chi connectivity index (χ4v) is 3.88. The monoisotopic (exact) mass is 377 g/mol. The lowest BCUT2D eigenvalue weighted by Crippen LogP contribution is -2.37. The van der Waals surface area contributed by atoms with Gasteiger partial charge in [-0.25, -0.2) is 0 Å². The molecule has 0 aliphatic carbocycles. The number of rotatable bonds is 5. The number of aliphatic carboxylic acids is 1. The number of methoxy groups -OCH3 is 1. The standard InChI is InChI=1S/C15H17Cl2NO4S/c1-22-9-3-8(4-14(19)20)18(7-9)15(21)10-5-13(23-2)12(17)6-11(10)16/h5-6,8-9H,3-4,7H2,1-2H3,(H,19,20). The highest BCUT2D eigenvalue weighted by atomic mass is 35.5. The summed E-state index contributed by atoms with van der Waals surface area (Å²) in [5, 5.41) is 9.79. The number of nitrogens with zero attached hydrogens (tertiary/aromatic N) is 1. The number of hydrogen-bond acceptors (Lipinski definition) is 4. The molecule has 8 heteroatoms. The van der Waals surface area contributed by atoms with Crippen LogP contribution in [-0.4, -0.2) is 53.9 Å². The van der Waals surface area contributed by atoms with Gasteiger partial charge in [-0.2, -0.15) is 0 Å². The lowest BCUT2D eigenvalue weighted by molar-refractivity contribution is -0.137. The van der Waals surface area contributed by atoms with Crippen LogP contribution in [0.25, 0.3) is 0 Å². The second-order valence-electron chi connectivity index (χ2n) is 5.27. The maximum Gasteiger partial charge on any atom is 0.305 e. The minimum Gasteiger partial charge on any atom is -0.481 e. The number of carbonyl (C=O) groups excluding carboxylic acids is 1. The lowest BCUT2D eigenvalue weighted by atomic mass is 10.1. The molecule has 2 unspecified atom stereocenters. The average Bonchev–Trinajstić information content (AvgIpc) is 2.89. The topological polar surface area (TPSA) is 66.8 Å². The van der Waals surface area contributed by atoms with E-state index in [-0.39, 0.29) is 23.5 Å². The zero-order valence-electron chi connectivity index (χ0n) is 12.7. The van der Waals surface area contributed by atoms with Crippen molar-refractivity contribution >= 4 is 46.8 Å². The summed E-state index contributed by atoms with van der Waals surface area (Å²) in [5.41, 5.74) is 0.326. The third kappa shape index (κ3) is 4.12. The van der Waals surface area contributed by atoms with Gasteiger partial charge >= 0.3 is 5.97 Å². The molecule has 1 aromatic carbocycles. The molecule has 0 saturated carbocycles. The molecular formula is C15H17Cl2NO4S. The molecule has 1 heterocycles. The van der Waals surface area contributed by atoms with E-state index in [9.17, 15) is 9.59 Å². The van der Waals surface area contributed by atoms with Crippen molar-refractivity contribution in [3.05, 3.63) is 27.7 Å². The Kier molecular flexibility index (Phi) is 6.19. The first-order valence-corrected chi connectivity index (χ1v) is 8.94. The highest BCUT2D eigenvalue weighted by Gasteiger charge is 2.37. The number of thioether (sulfide) groups is 1. The van der Waals surface area contributed by atoms with Gasteiger partial charge in [-0.1, -0.05) is 23.2 Å². The summed E-state index contributed by atoms with van der Waals surface area (Å²) in [7, 11) is 1.55. The lowest BCUT2D eigenvalue weighted by Gasteiger charge is -2.24. The molecule has 5 nitrogen and oxygen atoms in total. The minimum absolute atomic E-state index is 0.119. The zero-order valence-corrected chi connectivity index (χ0v) is 15.0. The third-order valence-corrected chi connectivity index (χ3v) is 5.37. The summed E-state index contributed by atoms with van der Waals surface area (Å²) in [5.74, 6) is -1.25. The molecule has 1 aromatic rings. The summed E-state index contributed by atoms with van der Waals surface area (Å²) >= 11 is 13.7. The Labute approximate surface area is 148 Å². The van der Waals surface area contributed by atoms with Crippen LogP contribution < -0.4 is 0 Å². The van der Waals surface area contributed by atoms with Crippen molar-refractivity contribution in [3.8, 4) is 0 Å². The molecule has 2 rings (SSSR count). The van der Waals surface area contributed by atoms with Gasteiger partial charge in [-0.3, -0.25) is 9.59 Å². The maximum atomic E-state index is 12.8. The molecule has 2 atom stereocenters.